The molecule has 95 heavy (non-hydrogen) atoms. The third kappa shape index (κ3) is 25.2. The van der Waals surface area contributed by atoms with E-state index in [1.54, 1.807) is 26.2 Å². The smallest absolute Gasteiger partial charge is 0.416 e. The average molecular weight is 1390 g/mol. The molecule has 0 spiro atoms. The fourth-order valence-corrected chi connectivity index (χ4v) is 15.9. The molecule has 4 aromatic rings. The minimum Gasteiger partial charge on any atom is -0.633 e. The quantitative estimate of drug-likeness (QED) is 0.0655. The van der Waals surface area contributed by atoms with Crippen molar-refractivity contribution >= 4 is 23.2 Å². The van der Waals surface area contributed by atoms with E-state index < -0.39 is 39.9 Å². The second-order valence-electron chi connectivity index (χ2n) is 31.1. The van der Waals surface area contributed by atoms with Crippen molar-refractivity contribution < 1.29 is 48.9 Å². The van der Waals surface area contributed by atoms with Crippen LogP contribution in [0.25, 0.3) is 0 Å². The third-order valence-electron chi connectivity index (χ3n) is 19.6. The number of hydrogen-bond donors (Lipinski definition) is 3. The molecule has 12 atom stereocenters. The Labute approximate surface area is 573 Å². The molecule has 0 aromatic heterocycles. The van der Waals surface area contributed by atoms with E-state index in [4.69, 9.17) is 27.9 Å². The number of rotatable bonds is 14. The second kappa shape index (κ2) is 34.2. The van der Waals surface area contributed by atoms with Gasteiger partial charge < -0.3 is 40.3 Å². The van der Waals surface area contributed by atoms with Crippen molar-refractivity contribution in [3.05, 3.63) is 145 Å². The van der Waals surface area contributed by atoms with E-state index in [1.807, 2.05) is 46.1 Å². The lowest BCUT2D eigenvalue weighted by Crippen LogP contribution is -2.60. The highest BCUT2D eigenvalue weighted by Crippen LogP contribution is 2.44. The van der Waals surface area contributed by atoms with Crippen LogP contribution in [0, 0.1) is 5.21 Å². The summed E-state index contributed by atoms with van der Waals surface area (Å²) >= 11 is 12.4. The molecule has 5 fully saturated rings. The van der Waals surface area contributed by atoms with Crippen molar-refractivity contribution in [3.63, 3.8) is 0 Å². The molecule has 4 saturated carbocycles. The standard InChI is InChI=1S/C20H29F3N2.C19H29F3N2O.C18H28Cl2N2.C18H26F3NO/c1-14(2)24-18-9-8-16(13-19(18)25-10-3-4-11-25)15-6-5-7-17(12-15)20(21,22)23;1-18(2,3)23-16-10-9-14(12-17(16)24(4,5)25)13-7-6-8-15(11-13)19(20,21)22;1-18(2,3)21-16-7-6-12(10-17(16)22(4)5)13-8-14(19)11-15(20)9-13;1-12(2)23-17-9-8-14(11-16(17)22(3)4)13-6-5-7-15(10-13)18(19,20)21/h5-7,12,14,16,18-19,24H,3-4,8-11,13H2,1-2H3;6-8,11,14,16-17,23H,9-10,12H2,1-5H3;8-9,11-12,16-17,21H,6-7,10H2,1-5H3;5-7,10,12,14,16-17H,8-9,11H2,1-4H3/t16-,18-,19-;14-,16-,17-;12-,16-,17-;14-,16-,17-/m0000/s1. The first kappa shape index (κ1) is 80.4. The van der Waals surface area contributed by atoms with E-state index in [1.165, 1.54) is 67.6 Å². The minimum atomic E-state index is -4.34. The number of ether oxygens (including phenoxy) is 1. The molecule has 9 rings (SSSR count). The molecule has 0 bridgehead atoms. The van der Waals surface area contributed by atoms with Crippen molar-refractivity contribution in [2.45, 2.75) is 273 Å². The molecule has 3 N–H and O–H groups in total. The Morgan fingerprint density at radius 2 is 0.895 bits per heavy atom. The molecule has 0 unspecified atom stereocenters. The summed E-state index contributed by atoms with van der Waals surface area (Å²) in [6.07, 6.45) is 1.03. The summed E-state index contributed by atoms with van der Waals surface area (Å²) in [5.74, 6) is 0.883. The molecule has 5 aliphatic rings. The van der Waals surface area contributed by atoms with Crippen molar-refractivity contribution in [1.29, 1.82) is 0 Å². The summed E-state index contributed by atoms with van der Waals surface area (Å²) < 4.78 is 122. The van der Waals surface area contributed by atoms with Gasteiger partial charge in [-0.05, 0) is 262 Å². The van der Waals surface area contributed by atoms with E-state index in [2.05, 4.69) is 112 Å². The van der Waals surface area contributed by atoms with Gasteiger partial charge in [-0.1, -0.05) is 91.6 Å². The van der Waals surface area contributed by atoms with Crippen molar-refractivity contribution in [2.75, 3.05) is 55.4 Å². The van der Waals surface area contributed by atoms with Gasteiger partial charge in [0.05, 0.1) is 49.0 Å². The first-order valence-corrected chi connectivity index (χ1v) is 35.3. The number of quaternary nitrogens is 1. The lowest BCUT2D eigenvalue weighted by molar-refractivity contribution is -0.869. The molecule has 0 radical (unpaired) electrons. The van der Waals surface area contributed by atoms with Crippen LogP contribution in [0.5, 0.6) is 0 Å². The highest BCUT2D eigenvalue weighted by atomic mass is 35.5. The summed E-state index contributed by atoms with van der Waals surface area (Å²) in [7, 11) is 11.6. The monoisotopic (exact) mass is 1380 g/mol. The number of benzene rings is 4. The highest BCUT2D eigenvalue weighted by Gasteiger charge is 2.42. The number of hydroxylamine groups is 3. The van der Waals surface area contributed by atoms with Gasteiger partial charge in [-0.15, -0.1) is 0 Å². The van der Waals surface area contributed by atoms with Gasteiger partial charge in [0.2, 0.25) is 0 Å². The van der Waals surface area contributed by atoms with Gasteiger partial charge in [-0.25, -0.2) is 0 Å². The Bertz CT molecular complexity index is 2950. The fourth-order valence-electron chi connectivity index (χ4n) is 15.3. The Morgan fingerprint density at radius 3 is 1.31 bits per heavy atom. The Balaban J connectivity index is 0.000000201. The average Bonchev–Trinajstić information content (AvgIpc) is 1.20. The Hall–Kier alpha value is -3.53. The fraction of sp³-hybridized carbons (Fsp3) is 0.680. The zero-order chi connectivity index (χ0) is 70.8. The van der Waals surface area contributed by atoms with Crippen LogP contribution in [0.3, 0.4) is 0 Å². The van der Waals surface area contributed by atoms with Crippen LogP contribution >= 0.6 is 23.2 Å². The molecular weight excluding hydrogens is 1270 g/mol. The maximum atomic E-state index is 13.0. The summed E-state index contributed by atoms with van der Waals surface area (Å²) in [5, 5.41) is 25.2. The predicted molar refractivity (Wildman–Crippen MR) is 371 cm³/mol. The van der Waals surface area contributed by atoms with Crippen molar-refractivity contribution in [1.82, 2.24) is 30.7 Å². The van der Waals surface area contributed by atoms with Crippen LogP contribution in [0.4, 0.5) is 39.5 Å². The maximum Gasteiger partial charge on any atom is 0.416 e. The summed E-state index contributed by atoms with van der Waals surface area (Å²) in [4.78, 5) is 7.04. The van der Waals surface area contributed by atoms with Crippen LogP contribution in [0.1, 0.15) is 222 Å². The van der Waals surface area contributed by atoms with Gasteiger partial charge in [-0.3, -0.25) is 4.90 Å². The molecule has 4 aromatic carbocycles. The lowest BCUT2D eigenvalue weighted by Gasteiger charge is -2.50. The van der Waals surface area contributed by atoms with E-state index in [0.717, 1.165) is 104 Å². The van der Waals surface area contributed by atoms with Crippen LogP contribution in [0.15, 0.2) is 91.0 Å². The van der Waals surface area contributed by atoms with Gasteiger partial charge in [0.1, 0.15) is 6.04 Å². The third-order valence-corrected chi connectivity index (χ3v) is 20.0. The van der Waals surface area contributed by atoms with E-state index in [-0.39, 0.29) is 59.2 Å². The number of hydrogen-bond acceptors (Lipinski definition) is 8. The molecule has 1 aliphatic heterocycles. The number of nitrogens with one attached hydrogen (secondary N) is 3. The molecule has 536 valence electrons. The number of likely N-dealkylation sites (tertiary alicyclic amines) is 1. The molecule has 20 heteroatoms. The van der Waals surface area contributed by atoms with E-state index >= 15 is 0 Å². The maximum absolute atomic E-state index is 13.0. The number of nitrogens with zero attached hydrogens (tertiary/aromatic N) is 4. The molecule has 1 heterocycles. The van der Waals surface area contributed by atoms with Gasteiger partial charge in [0.15, 0.2) is 0 Å². The van der Waals surface area contributed by atoms with Crippen LogP contribution < -0.4 is 16.0 Å². The first-order valence-electron chi connectivity index (χ1n) is 34.5. The molecule has 1 saturated heterocycles. The van der Waals surface area contributed by atoms with Crippen LogP contribution in [-0.4, -0.2) is 146 Å². The normalized spacial score (nSPS) is 26.8. The molecule has 4 aliphatic carbocycles. The first-order chi connectivity index (χ1) is 43.9. The highest BCUT2D eigenvalue weighted by molar-refractivity contribution is 6.34. The molecule has 9 nitrogen and oxygen atoms in total. The van der Waals surface area contributed by atoms with Crippen LogP contribution in [0.2, 0.25) is 10.0 Å². The molecular formula is C75H112Cl2F9N7O2. The van der Waals surface area contributed by atoms with Crippen LogP contribution in [-0.2, 0) is 23.3 Å². The number of likely N-dealkylation sites (N-methyl/N-ethyl adjacent to an activating group) is 3. The van der Waals surface area contributed by atoms with Gasteiger partial charge in [-0.2, -0.15) is 39.5 Å². The van der Waals surface area contributed by atoms with Gasteiger partial charge >= 0.3 is 18.5 Å². The topological polar surface area (TPSA) is 78.1 Å². The van der Waals surface area contributed by atoms with Gasteiger partial charge in [0.25, 0.3) is 0 Å². The zero-order valence-corrected chi connectivity index (χ0v) is 60.8. The lowest BCUT2D eigenvalue weighted by atomic mass is 9.77. The SMILES string of the molecule is CC(C)(C)N[C@H]1CC[C@H](c2cccc(C(F)(F)F)c2)C[C@@H]1[N+](C)(C)[O-].CC(C)N[C@H]1CC[C@H](c2cccc(C(F)(F)F)c2)C[C@@H]1N1CCCC1.CC(C)O[C@H]1CC[C@H](c2cccc(C(F)(F)F)c2)C[C@@H]1N(C)C.CN(C)[C@H]1C[C@@H](c2cc(Cl)cc(Cl)c2)CC[C@@H]1NC(C)(C)C. The van der Waals surface area contributed by atoms with Gasteiger partial charge in [0, 0.05) is 63.8 Å². The second-order valence-corrected chi connectivity index (χ2v) is 32.0. The number of halogens is 11. The summed E-state index contributed by atoms with van der Waals surface area (Å²) in [6.45, 7) is 23.5. The van der Waals surface area contributed by atoms with Crippen molar-refractivity contribution in [3.8, 4) is 0 Å². The summed E-state index contributed by atoms with van der Waals surface area (Å²) in [6, 6.07) is 25.7. The Kier molecular flexibility index (Phi) is 29.0. The number of alkyl halides is 9. The van der Waals surface area contributed by atoms with E-state index in [9.17, 15) is 44.7 Å². The zero-order valence-electron chi connectivity index (χ0n) is 59.3. The minimum absolute atomic E-state index is 0.0170. The Morgan fingerprint density at radius 1 is 0.505 bits per heavy atom. The summed E-state index contributed by atoms with van der Waals surface area (Å²) in [5.41, 5.74) is 1.93. The van der Waals surface area contributed by atoms with E-state index in [0.29, 0.717) is 48.1 Å². The molecule has 0 amide bonds. The largest absolute Gasteiger partial charge is 0.633 e. The van der Waals surface area contributed by atoms with Crippen molar-refractivity contribution in [2.24, 2.45) is 0 Å². The predicted octanol–water partition coefficient (Wildman–Crippen LogP) is 19.1.